The lowest BCUT2D eigenvalue weighted by molar-refractivity contribution is -0.145. The second kappa shape index (κ2) is 5.69. The van der Waals surface area contributed by atoms with Gasteiger partial charge in [-0.2, -0.15) is 0 Å². The van der Waals surface area contributed by atoms with E-state index in [1.807, 2.05) is 11.8 Å². The van der Waals surface area contributed by atoms with Gasteiger partial charge in [-0.3, -0.25) is 9.59 Å². The number of aliphatic carboxylic acids is 1. The minimum Gasteiger partial charge on any atom is -0.481 e. The maximum Gasteiger partial charge on any atom is 0.306 e. The number of carbonyl (C=O) groups excluding carboxylic acids is 1. The summed E-state index contributed by atoms with van der Waals surface area (Å²) in [6.07, 6.45) is 2.74. The molecule has 1 saturated carbocycles. The highest BCUT2D eigenvalue weighted by atomic mass is 16.5. The average Bonchev–Trinajstić information content (AvgIpc) is 2.87. The zero-order chi connectivity index (χ0) is 13.1. The number of hydrogen-bond acceptors (Lipinski definition) is 3. The van der Waals surface area contributed by atoms with Gasteiger partial charge in [0, 0.05) is 12.5 Å². The van der Waals surface area contributed by atoms with E-state index in [-0.39, 0.29) is 23.8 Å². The van der Waals surface area contributed by atoms with Crippen LogP contribution in [0.1, 0.15) is 32.6 Å². The molecule has 5 nitrogen and oxygen atoms in total. The molecule has 1 aliphatic heterocycles. The van der Waals surface area contributed by atoms with E-state index >= 15 is 0 Å². The van der Waals surface area contributed by atoms with Crippen LogP contribution in [0, 0.1) is 11.8 Å². The normalized spacial score (nSPS) is 32.5. The van der Waals surface area contributed by atoms with E-state index in [1.165, 1.54) is 0 Å². The number of hydrogen-bond donors (Lipinski definition) is 1. The first-order valence-corrected chi connectivity index (χ1v) is 6.74. The molecule has 2 fully saturated rings. The van der Waals surface area contributed by atoms with E-state index in [0.29, 0.717) is 39.0 Å². The van der Waals surface area contributed by atoms with E-state index in [0.717, 1.165) is 6.42 Å². The van der Waals surface area contributed by atoms with Gasteiger partial charge in [0.1, 0.15) is 0 Å². The van der Waals surface area contributed by atoms with Crippen LogP contribution in [0.5, 0.6) is 0 Å². The number of ether oxygens (including phenoxy) is 1. The Kier molecular flexibility index (Phi) is 4.22. The second-order valence-corrected chi connectivity index (χ2v) is 5.21. The lowest BCUT2D eigenvalue weighted by atomic mass is 10.0. The third kappa shape index (κ3) is 2.66. The molecule has 2 rings (SSSR count). The molecule has 0 spiro atoms. The summed E-state index contributed by atoms with van der Waals surface area (Å²) >= 11 is 0. The molecular formula is C13H21NO4. The van der Waals surface area contributed by atoms with Crippen molar-refractivity contribution in [3.63, 3.8) is 0 Å². The Morgan fingerprint density at radius 1 is 1.33 bits per heavy atom. The van der Waals surface area contributed by atoms with Crippen LogP contribution in [0.2, 0.25) is 0 Å². The van der Waals surface area contributed by atoms with Crippen LogP contribution in [0.25, 0.3) is 0 Å². The minimum atomic E-state index is -0.765. The van der Waals surface area contributed by atoms with Crippen molar-refractivity contribution in [1.29, 1.82) is 0 Å². The first kappa shape index (κ1) is 13.3. The summed E-state index contributed by atoms with van der Waals surface area (Å²) in [7, 11) is 0. The van der Waals surface area contributed by atoms with Gasteiger partial charge >= 0.3 is 5.97 Å². The Morgan fingerprint density at radius 3 is 2.67 bits per heavy atom. The summed E-state index contributed by atoms with van der Waals surface area (Å²) in [4.78, 5) is 25.2. The SMILES string of the molecule is CCC1COCCN1C(=O)C1CCC(C(=O)O)C1. The summed E-state index contributed by atoms with van der Waals surface area (Å²) in [6.45, 7) is 3.90. The Balaban J connectivity index is 1.96. The molecule has 0 aromatic carbocycles. The third-order valence-electron chi connectivity index (χ3n) is 4.11. The summed E-state index contributed by atoms with van der Waals surface area (Å²) in [5.74, 6) is -1.06. The quantitative estimate of drug-likeness (QED) is 0.820. The van der Waals surface area contributed by atoms with Gasteiger partial charge in [0.05, 0.1) is 25.2 Å². The number of carboxylic acids is 1. The van der Waals surface area contributed by atoms with Crippen molar-refractivity contribution >= 4 is 11.9 Å². The van der Waals surface area contributed by atoms with Gasteiger partial charge in [-0.05, 0) is 25.7 Å². The lowest BCUT2D eigenvalue weighted by Crippen LogP contribution is -2.50. The van der Waals surface area contributed by atoms with Gasteiger partial charge in [0.15, 0.2) is 0 Å². The largest absolute Gasteiger partial charge is 0.481 e. The van der Waals surface area contributed by atoms with Crippen molar-refractivity contribution in [3.05, 3.63) is 0 Å². The van der Waals surface area contributed by atoms with Gasteiger partial charge in [-0.1, -0.05) is 6.92 Å². The van der Waals surface area contributed by atoms with Crippen molar-refractivity contribution in [2.75, 3.05) is 19.8 Å². The highest BCUT2D eigenvalue weighted by Gasteiger charge is 2.38. The van der Waals surface area contributed by atoms with Crippen LogP contribution in [-0.4, -0.2) is 47.7 Å². The molecule has 18 heavy (non-hydrogen) atoms. The molecule has 0 radical (unpaired) electrons. The van der Waals surface area contributed by atoms with Crippen molar-refractivity contribution in [1.82, 2.24) is 4.90 Å². The number of rotatable bonds is 3. The van der Waals surface area contributed by atoms with Crippen LogP contribution >= 0.6 is 0 Å². The maximum atomic E-state index is 12.4. The number of carboxylic acid groups (broad SMARTS) is 1. The molecule has 3 atom stereocenters. The van der Waals surface area contributed by atoms with Crippen LogP contribution in [0.15, 0.2) is 0 Å². The fourth-order valence-electron chi connectivity index (χ4n) is 2.95. The molecule has 1 heterocycles. The Morgan fingerprint density at radius 2 is 2.06 bits per heavy atom. The second-order valence-electron chi connectivity index (χ2n) is 5.21. The van der Waals surface area contributed by atoms with Crippen LogP contribution in [0.4, 0.5) is 0 Å². The van der Waals surface area contributed by atoms with Crippen molar-refractivity contribution in [3.8, 4) is 0 Å². The van der Waals surface area contributed by atoms with E-state index in [4.69, 9.17) is 9.84 Å². The molecular weight excluding hydrogens is 234 g/mol. The molecule has 2 aliphatic rings. The monoisotopic (exact) mass is 255 g/mol. The number of morpholine rings is 1. The van der Waals surface area contributed by atoms with Crippen molar-refractivity contribution in [2.24, 2.45) is 11.8 Å². The smallest absolute Gasteiger partial charge is 0.306 e. The average molecular weight is 255 g/mol. The van der Waals surface area contributed by atoms with E-state index < -0.39 is 5.97 Å². The Labute approximate surface area is 107 Å². The van der Waals surface area contributed by atoms with Crippen molar-refractivity contribution < 1.29 is 19.4 Å². The Hall–Kier alpha value is -1.10. The highest BCUT2D eigenvalue weighted by Crippen LogP contribution is 2.33. The maximum absolute atomic E-state index is 12.4. The summed E-state index contributed by atoms with van der Waals surface area (Å²) in [6, 6.07) is 0.162. The molecule has 0 aromatic rings. The standard InChI is InChI=1S/C13H21NO4/c1-2-11-8-18-6-5-14(11)12(15)9-3-4-10(7-9)13(16)17/h9-11H,2-8H2,1H3,(H,16,17). The fraction of sp³-hybridized carbons (Fsp3) is 0.846. The van der Waals surface area contributed by atoms with E-state index in [2.05, 4.69) is 0 Å². The lowest BCUT2D eigenvalue weighted by Gasteiger charge is -2.36. The fourth-order valence-corrected chi connectivity index (χ4v) is 2.95. The molecule has 0 aromatic heterocycles. The van der Waals surface area contributed by atoms with Crippen LogP contribution in [-0.2, 0) is 14.3 Å². The predicted octanol–water partition coefficient (Wildman–Crippen LogP) is 1.12. The molecule has 1 amide bonds. The van der Waals surface area contributed by atoms with Crippen LogP contribution in [0.3, 0.4) is 0 Å². The topological polar surface area (TPSA) is 66.8 Å². The van der Waals surface area contributed by atoms with E-state index in [1.54, 1.807) is 0 Å². The van der Waals surface area contributed by atoms with Crippen molar-refractivity contribution in [2.45, 2.75) is 38.6 Å². The zero-order valence-electron chi connectivity index (χ0n) is 10.8. The molecule has 1 saturated heterocycles. The molecule has 102 valence electrons. The Bertz CT molecular complexity index is 331. The zero-order valence-corrected chi connectivity index (χ0v) is 10.8. The molecule has 1 N–H and O–H groups in total. The molecule has 1 aliphatic carbocycles. The summed E-state index contributed by atoms with van der Waals surface area (Å²) in [5, 5.41) is 8.98. The minimum absolute atomic E-state index is 0.0988. The van der Waals surface area contributed by atoms with Gasteiger partial charge in [0.25, 0.3) is 0 Å². The number of amides is 1. The number of nitrogens with zero attached hydrogens (tertiary/aromatic N) is 1. The van der Waals surface area contributed by atoms with Gasteiger partial charge < -0.3 is 14.7 Å². The summed E-state index contributed by atoms with van der Waals surface area (Å²) in [5.41, 5.74) is 0. The van der Waals surface area contributed by atoms with E-state index in [9.17, 15) is 9.59 Å². The molecule has 3 unspecified atom stereocenters. The molecule has 0 bridgehead atoms. The first-order chi connectivity index (χ1) is 8.63. The van der Waals surface area contributed by atoms with Gasteiger partial charge in [-0.15, -0.1) is 0 Å². The third-order valence-corrected chi connectivity index (χ3v) is 4.11. The first-order valence-electron chi connectivity index (χ1n) is 6.74. The molecule has 5 heteroatoms. The highest BCUT2D eigenvalue weighted by molar-refractivity contribution is 5.81. The number of carbonyl (C=O) groups is 2. The van der Waals surface area contributed by atoms with Gasteiger partial charge in [-0.25, -0.2) is 0 Å². The van der Waals surface area contributed by atoms with Crippen LogP contribution < -0.4 is 0 Å². The van der Waals surface area contributed by atoms with Gasteiger partial charge in [0.2, 0.25) is 5.91 Å². The predicted molar refractivity (Wildman–Crippen MR) is 65.1 cm³/mol. The summed E-state index contributed by atoms with van der Waals surface area (Å²) < 4.78 is 5.39.